The fourth-order valence-electron chi connectivity index (χ4n) is 1.83. The molecule has 102 valence electrons. The average Bonchev–Trinajstić information content (AvgIpc) is 2.50. The van der Waals surface area contributed by atoms with Crippen LogP contribution in [0, 0.1) is 6.92 Å². The van der Waals surface area contributed by atoms with Crippen molar-refractivity contribution >= 4 is 24.8 Å². The van der Waals surface area contributed by atoms with Crippen molar-refractivity contribution in [1.29, 1.82) is 0 Å². The molecule has 2 heterocycles. The first-order valence-electron chi connectivity index (χ1n) is 6.37. The summed E-state index contributed by atoms with van der Waals surface area (Å²) in [5.41, 5.74) is 1.35. The van der Waals surface area contributed by atoms with E-state index in [-0.39, 0.29) is 18.3 Å². The van der Waals surface area contributed by atoms with Gasteiger partial charge in [0.25, 0.3) is 0 Å². The quantitative estimate of drug-likeness (QED) is 0.774. The molecule has 0 radical (unpaired) electrons. The molecule has 0 atom stereocenters. The van der Waals surface area contributed by atoms with Crippen LogP contribution in [0.1, 0.15) is 38.8 Å². The standard InChI is InChI=1S/C14H19BClNO2/c1-10-11(8-17-9-12(10)16)6-7-15-18-13(2,3)14(4,5)19-15/h6-9H,1-5H3/b7-6+. The Morgan fingerprint density at radius 3 is 2.32 bits per heavy atom. The van der Waals surface area contributed by atoms with Gasteiger partial charge < -0.3 is 9.31 Å². The highest BCUT2D eigenvalue weighted by Crippen LogP contribution is 2.37. The smallest absolute Gasteiger partial charge is 0.400 e. The predicted molar refractivity (Wildman–Crippen MR) is 79.1 cm³/mol. The van der Waals surface area contributed by atoms with Crippen molar-refractivity contribution in [3.05, 3.63) is 34.5 Å². The molecule has 19 heavy (non-hydrogen) atoms. The maximum absolute atomic E-state index is 6.04. The fourth-order valence-corrected chi connectivity index (χ4v) is 2.00. The van der Waals surface area contributed by atoms with Gasteiger partial charge >= 0.3 is 7.12 Å². The first-order chi connectivity index (χ1) is 8.73. The number of hydrogen-bond donors (Lipinski definition) is 0. The number of pyridine rings is 1. The Kier molecular flexibility index (Phi) is 3.78. The third kappa shape index (κ3) is 2.86. The second kappa shape index (κ2) is 4.93. The first kappa shape index (κ1) is 14.6. The molecule has 1 aromatic heterocycles. The molecular weight excluding hydrogens is 260 g/mol. The molecule has 0 aromatic carbocycles. The molecule has 1 fully saturated rings. The molecule has 0 N–H and O–H groups in total. The molecule has 0 amide bonds. The Labute approximate surface area is 120 Å². The summed E-state index contributed by atoms with van der Waals surface area (Å²) in [6.45, 7) is 10.1. The van der Waals surface area contributed by atoms with E-state index in [1.807, 2.05) is 46.7 Å². The van der Waals surface area contributed by atoms with Crippen molar-refractivity contribution in [3.63, 3.8) is 0 Å². The third-order valence-corrected chi connectivity index (χ3v) is 4.28. The Morgan fingerprint density at radius 1 is 1.16 bits per heavy atom. The van der Waals surface area contributed by atoms with Gasteiger partial charge in [0.1, 0.15) is 0 Å². The van der Waals surface area contributed by atoms with Crippen LogP contribution in [0.3, 0.4) is 0 Å². The maximum atomic E-state index is 6.04. The second-order valence-corrected chi connectivity index (χ2v) is 6.23. The van der Waals surface area contributed by atoms with Crippen molar-refractivity contribution in [1.82, 2.24) is 4.98 Å². The van der Waals surface area contributed by atoms with Crippen LogP contribution in [0.5, 0.6) is 0 Å². The van der Waals surface area contributed by atoms with Crippen LogP contribution < -0.4 is 0 Å². The van der Waals surface area contributed by atoms with E-state index in [0.29, 0.717) is 5.02 Å². The summed E-state index contributed by atoms with van der Waals surface area (Å²) in [4.78, 5) is 4.08. The Balaban J connectivity index is 2.15. The van der Waals surface area contributed by atoms with Gasteiger partial charge in [0.05, 0.1) is 16.2 Å². The van der Waals surface area contributed by atoms with Crippen LogP contribution in [0.25, 0.3) is 6.08 Å². The molecule has 0 spiro atoms. The average molecular weight is 280 g/mol. The Bertz CT molecular complexity index is 498. The third-order valence-electron chi connectivity index (χ3n) is 3.90. The normalized spacial score (nSPS) is 21.3. The van der Waals surface area contributed by atoms with Gasteiger partial charge in [-0.1, -0.05) is 23.7 Å². The van der Waals surface area contributed by atoms with E-state index in [1.165, 1.54) is 0 Å². The highest BCUT2D eigenvalue weighted by Gasteiger charge is 2.49. The highest BCUT2D eigenvalue weighted by molar-refractivity contribution is 6.52. The molecule has 0 saturated carbocycles. The molecule has 1 aliphatic rings. The molecular formula is C14H19BClNO2. The fraction of sp³-hybridized carbons (Fsp3) is 0.500. The van der Waals surface area contributed by atoms with Crippen LogP contribution in [-0.2, 0) is 9.31 Å². The minimum absolute atomic E-state index is 0.316. The highest BCUT2D eigenvalue weighted by atomic mass is 35.5. The molecule has 0 aliphatic carbocycles. The lowest BCUT2D eigenvalue weighted by atomic mass is 9.89. The zero-order valence-electron chi connectivity index (χ0n) is 12.0. The van der Waals surface area contributed by atoms with E-state index in [0.717, 1.165) is 11.1 Å². The van der Waals surface area contributed by atoms with E-state index < -0.39 is 0 Å². The van der Waals surface area contributed by atoms with Gasteiger partial charge in [-0.2, -0.15) is 0 Å². The summed E-state index contributed by atoms with van der Waals surface area (Å²) in [5.74, 6) is 1.90. The lowest BCUT2D eigenvalue weighted by Crippen LogP contribution is -2.41. The number of hydrogen-bond acceptors (Lipinski definition) is 3. The molecule has 3 nitrogen and oxygen atoms in total. The summed E-state index contributed by atoms with van der Waals surface area (Å²) < 4.78 is 11.8. The van der Waals surface area contributed by atoms with Crippen molar-refractivity contribution in [2.24, 2.45) is 0 Å². The lowest BCUT2D eigenvalue weighted by Gasteiger charge is -2.32. The van der Waals surface area contributed by atoms with Crippen LogP contribution >= 0.6 is 11.6 Å². The summed E-state index contributed by atoms with van der Waals surface area (Å²) in [6.07, 6.45) is 5.36. The number of rotatable bonds is 2. The SMILES string of the molecule is Cc1c(Cl)cncc1/C=C/B1OC(C)(C)C(C)(C)O1. The molecule has 1 aliphatic heterocycles. The minimum Gasteiger partial charge on any atom is -0.400 e. The van der Waals surface area contributed by atoms with Gasteiger partial charge in [-0.15, -0.1) is 0 Å². The molecule has 1 saturated heterocycles. The molecule has 0 bridgehead atoms. The topological polar surface area (TPSA) is 31.4 Å². The van der Waals surface area contributed by atoms with Crippen molar-refractivity contribution in [2.75, 3.05) is 0 Å². The molecule has 1 aromatic rings. The largest absolute Gasteiger partial charge is 0.487 e. The molecule has 0 unspecified atom stereocenters. The molecule has 5 heteroatoms. The van der Waals surface area contributed by atoms with Crippen LogP contribution in [0.2, 0.25) is 5.02 Å². The Morgan fingerprint density at radius 2 is 1.74 bits per heavy atom. The van der Waals surface area contributed by atoms with Gasteiger partial charge in [0.2, 0.25) is 0 Å². The van der Waals surface area contributed by atoms with E-state index in [4.69, 9.17) is 20.9 Å². The summed E-state index contributed by atoms with van der Waals surface area (Å²) >= 11 is 6.04. The minimum atomic E-state index is -0.344. The monoisotopic (exact) mass is 279 g/mol. The van der Waals surface area contributed by atoms with Gasteiger partial charge in [-0.3, -0.25) is 4.98 Å². The molecule has 2 rings (SSSR count). The van der Waals surface area contributed by atoms with Crippen LogP contribution in [0.15, 0.2) is 18.4 Å². The number of nitrogens with zero attached hydrogens (tertiary/aromatic N) is 1. The lowest BCUT2D eigenvalue weighted by molar-refractivity contribution is 0.00578. The second-order valence-electron chi connectivity index (χ2n) is 5.82. The first-order valence-corrected chi connectivity index (χ1v) is 6.75. The number of halogens is 1. The number of aromatic nitrogens is 1. The van der Waals surface area contributed by atoms with E-state index in [2.05, 4.69) is 4.98 Å². The summed E-state index contributed by atoms with van der Waals surface area (Å²) in [6, 6.07) is 0. The van der Waals surface area contributed by atoms with E-state index in [1.54, 1.807) is 12.4 Å². The van der Waals surface area contributed by atoms with Gasteiger partial charge in [0, 0.05) is 12.4 Å². The van der Waals surface area contributed by atoms with E-state index in [9.17, 15) is 0 Å². The van der Waals surface area contributed by atoms with Crippen LogP contribution in [0.4, 0.5) is 0 Å². The zero-order chi connectivity index (χ0) is 14.3. The summed E-state index contributed by atoms with van der Waals surface area (Å²) in [7, 11) is -0.344. The van der Waals surface area contributed by atoms with Gasteiger partial charge in [0.15, 0.2) is 0 Å². The van der Waals surface area contributed by atoms with Crippen molar-refractivity contribution < 1.29 is 9.31 Å². The maximum Gasteiger partial charge on any atom is 0.487 e. The Hall–Kier alpha value is -0.835. The van der Waals surface area contributed by atoms with Gasteiger partial charge in [-0.05, 0) is 45.7 Å². The van der Waals surface area contributed by atoms with Crippen molar-refractivity contribution in [3.8, 4) is 0 Å². The van der Waals surface area contributed by atoms with Crippen molar-refractivity contribution in [2.45, 2.75) is 45.8 Å². The predicted octanol–water partition coefficient (Wildman–Crippen LogP) is 3.69. The van der Waals surface area contributed by atoms with Gasteiger partial charge in [-0.25, -0.2) is 0 Å². The zero-order valence-corrected chi connectivity index (χ0v) is 12.8. The summed E-state index contributed by atoms with van der Waals surface area (Å²) in [5, 5.41) is 0.663. The van der Waals surface area contributed by atoms with Crippen LogP contribution in [-0.4, -0.2) is 23.3 Å². The van der Waals surface area contributed by atoms with E-state index >= 15 is 0 Å².